The Bertz CT molecular complexity index is 579. The second-order valence-electron chi connectivity index (χ2n) is 4.99. The normalized spacial score (nSPS) is 12.4. The van der Waals surface area contributed by atoms with E-state index < -0.39 is 0 Å². The van der Waals surface area contributed by atoms with Gasteiger partial charge in [0.05, 0.1) is 18.8 Å². The monoisotopic (exact) mass is 413 g/mol. The summed E-state index contributed by atoms with van der Waals surface area (Å²) in [5.41, 5.74) is 2.34. The highest BCUT2D eigenvalue weighted by Gasteiger charge is 2.07. The molecule has 0 spiro atoms. The molecule has 120 valence electrons. The van der Waals surface area contributed by atoms with Gasteiger partial charge in [0.25, 0.3) is 0 Å². The Morgan fingerprint density at radius 1 is 1.32 bits per heavy atom. The molecule has 6 heteroatoms. The number of hydrogen-bond donors (Lipinski definition) is 2. The zero-order valence-corrected chi connectivity index (χ0v) is 15.6. The van der Waals surface area contributed by atoms with Gasteiger partial charge in [-0.15, -0.1) is 24.0 Å². The maximum absolute atomic E-state index is 4.60. The number of aryl methyl sites for hydroxylation is 1. The number of halogens is 1. The van der Waals surface area contributed by atoms with Crippen LogP contribution in [0.5, 0.6) is 0 Å². The third kappa shape index (κ3) is 5.67. The number of nitrogens with zero attached hydrogens (tertiary/aromatic N) is 3. The van der Waals surface area contributed by atoms with Gasteiger partial charge in [0.2, 0.25) is 0 Å². The van der Waals surface area contributed by atoms with Crippen molar-refractivity contribution < 1.29 is 0 Å². The maximum Gasteiger partial charge on any atom is 0.192 e. The lowest BCUT2D eigenvalue weighted by atomic mass is 10.1. The number of nitrogens with one attached hydrogen (secondary N) is 2. The highest BCUT2D eigenvalue weighted by atomic mass is 127. The molecule has 5 nitrogen and oxygen atoms in total. The first-order chi connectivity index (χ1) is 10.2. The van der Waals surface area contributed by atoms with Crippen LogP contribution in [0, 0.1) is 0 Å². The van der Waals surface area contributed by atoms with E-state index in [0.29, 0.717) is 6.54 Å². The maximum atomic E-state index is 4.60. The summed E-state index contributed by atoms with van der Waals surface area (Å²) in [6.45, 7) is 5.64. The molecule has 0 aliphatic rings. The smallest absolute Gasteiger partial charge is 0.192 e. The molecule has 0 saturated carbocycles. The SMILES string of the molecule is CCNC(=NCc1cnn(C)c1)NC(C)c1ccccc1.I. The summed E-state index contributed by atoms with van der Waals surface area (Å²) in [7, 11) is 1.91. The second kappa shape index (κ2) is 9.45. The molecule has 2 N–H and O–H groups in total. The van der Waals surface area contributed by atoms with Crippen molar-refractivity contribution in [1.82, 2.24) is 20.4 Å². The van der Waals surface area contributed by atoms with Crippen LogP contribution in [0.3, 0.4) is 0 Å². The first-order valence-electron chi connectivity index (χ1n) is 7.26. The van der Waals surface area contributed by atoms with Gasteiger partial charge in [0, 0.05) is 25.4 Å². The van der Waals surface area contributed by atoms with Crippen LogP contribution >= 0.6 is 24.0 Å². The van der Waals surface area contributed by atoms with Crippen molar-refractivity contribution >= 4 is 29.9 Å². The van der Waals surface area contributed by atoms with Gasteiger partial charge in [0.1, 0.15) is 0 Å². The van der Waals surface area contributed by atoms with Gasteiger partial charge in [0.15, 0.2) is 5.96 Å². The quantitative estimate of drug-likeness (QED) is 0.451. The molecule has 0 aliphatic carbocycles. The Morgan fingerprint density at radius 2 is 2.05 bits per heavy atom. The Hall–Kier alpha value is -1.57. The minimum Gasteiger partial charge on any atom is -0.357 e. The Balaban J connectivity index is 0.00000242. The zero-order valence-electron chi connectivity index (χ0n) is 13.3. The van der Waals surface area contributed by atoms with E-state index in [9.17, 15) is 0 Å². The molecule has 1 aromatic heterocycles. The predicted octanol–water partition coefficient (Wildman–Crippen LogP) is 2.85. The van der Waals surface area contributed by atoms with E-state index in [0.717, 1.165) is 18.1 Å². The van der Waals surface area contributed by atoms with Crippen molar-refractivity contribution in [2.24, 2.45) is 12.0 Å². The van der Waals surface area contributed by atoms with Crippen LogP contribution in [0.25, 0.3) is 0 Å². The van der Waals surface area contributed by atoms with Crippen molar-refractivity contribution in [2.45, 2.75) is 26.4 Å². The van der Waals surface area contributed by atoms with Crippen LogP contribution in [0.2, 0.25) is 0 Å². The molecule has 1 aromatic carbocycles. The van der Waals surface area contributed by atoms with E-state index in [1.165, 1.54) is 5.56 Å². The highest BCUT2D eigenvalue weighted by molar-refractivity contribution is 14.0. The molecule has 0 amide bonds. The molecule has 2 rings (SSSR count). The van der Waals surface area contributed by atoms with E-state index in [2.05, 4.69) is 46.7 Å². The van der Waals surface area contributed by atoms with E-state index >= 15 is 0 Å². The van der Waals surface area contributed by atoms with Crippen LogP contribution < -0.4 is 10.6 Å². The van der Waals surface area contributed by atoms with Crippen molar-refractivity contribution in [1.29, 1.82) is 0 Å². The van der Waals surface area contributed by atoms with Gasteiger partial charge in [-0.05, 0) is 19.4 Å². The lowest BCUT2D eigenvalue weighted by Gasteiger charge is -2.18. The molecule has 0 aliphatic heterocycles. The van der Waals surface area contributed by atoms with Gasteiger partial charge in [-0.25, -0.2) is 4.99 Å². The fraction of sp³-hybridized carbons (Fsp3) is 0.375. The van der Waals surface area contributed by atoms with E-state index in [1.807, 2.05) is 37.6 Å². The van der Waals surface area contributed by atoms with Crippen LogP contribution in [-0.2, 0) is 13.6 Å². The molecule has 1 atom stereocenters. The third-order valence-corrected chi connectivity index (χ3v) is 3.18. The number of aromatic nitrogens is 2. The number of aliphatic imine (C=N–C) groups is 1. The summed E-state index contributed by atoms with van der Waals surface area (Å²) in [5.74, 6) is 0.817. The number of hydrogen-bond acceptors (Lipinski definition) is 2. The largest absolute Gasteiger partial charge is 0.357 e. The molecule has 0 radical (unpaired) electrons. The van der Waals surface area contributed by atoms with E-state index in [-0.39, 0.29) is 30.0 Å². The standard InChI is InChI=1S/C16H23N5.HI/c1-4-17-16(18-10-14-11-19-21(3)12-14)20-13(2)15-8-6-5-7-9-15;/h5-9,11-13H,4,10H2,1-3H3,(H2,17,18,20);1H. The fourth-order valence-electron chi connectivity index (χ4n) is 2.07. The lowest BCUT2D eigenvalue weighted by Crippen LogP contribution is -2.38. The van der Waals surface area contributed by atoms with Crippen molar-refractivity contribution in [3.05, 3.63) is 53.9 Å². The third-order valence-electron chi connectivity index (χ3n) is 3.18. The van der Waals surface area contributed by atoms with Crippen LogP contribution in [-0.4, -0.2) is 22.3 Å². The van der Waals surface area contributed by atoms with E-state index in [1.54, 1.807) is 4.68 Å². The van der Waals surface area contributed by atoms with Crippen molar-refractivity contribution in [3.8, 4) is 0 Å². The fourth-order valence-corrected chi connectivity index (χ4v) is 2.07. The summed E-state index contributed by atoms with van der Waals surface area (Å²) >= 11 is 0. The van der Waals surface area contributed by atoms with Crippen LogP contribution in [0.1, 0.15) is 31.0 Å². The lowest BCUT2D eigenvalue weighted by molar-refractivity contribution is 0.686. The van der Waals surface area contributed by atoms with Crippen molar-refractivity contribution in [2.75, 3.05) is 6.54 Å². The summed E-state index contributed by atoms with van der Waals surface area (Å²) in [6.07, 6.45) is 3.82. The molecule has 1 heterocycles. The van der Waals surface area contributed by atoms with Gasteiger partial charge in [-0.3, -0.25) is 4.68 Å². The predicted molar refractivity (Wildman–Crippen MR) is 101 cm³/mol. The number of rotatable bonds is 5. The zero-order chi connectivity index (χ0) is 15.1. The number of guanidine groups is 1. The first-order valence-corrected chi connectivity index (χ1v) is 7.26. The van der Waals surface area contributed by atoms with Crippen LogP contribution in [0.15, 0.2) is 47.7 Å². The molecule has 0 fully saturated rings. The Kier molecular flexibility index (Phi) is 7.94. The average molecular weight is 413 g/mol. The molecule has 2 aromatic rings. The minimum absolute atomic E-state index is 0. The minimum atomic E-state index is 0. The summed E-state index contributed by atoms with van der Waals surface area (Å²) in [6, 6.07) is 10.6. The van der Waals surface area contributed by atoms with E-state index in [4.69, 9.17) is 0 Å². The summed E-state index contributed by atoms with van der Waals surface area (Å²) < 4.78 is 1.79. The molecule has 1 unspecified atom stereocenters. The molecular formula is C16H24IN5. The molecule has 0 bridgehead atoms. The Labute approximate surface area is 149 Å². The molecule has 0 saturated heterocycles. The van der Waals surface area contributed by atoms with Gasteiger partial charge in [-0.1, -0.05) is 30.3 Å². The van der Waals surface area contributed by atoms with Gasteiger partial charge >= 0.3 is 0 Å². The molecule has 22 heavy (non-hydrogen) atoms. The number of benzene rings is 1. The first kappa shape index (κ1) is 18.5. The summed E-state index contributed by atoms with van der Waals surface area (Å²) in [5, 5.41) is 10.9. The van der Waals surface area contributed by atoms with Crippen molar-refractivity contribution in [3.63, 3.8) is 0 Å². The summed E-state index contributed by atoms with van der Waals surface area (Å²) in [4.78, 5) is 4.60. The second-order valence-corrected chi connectivity index (χ2v) is 4.99. The van der Waals surface area contributed by atoms with Gasteiger partial charge < -0.3 is 10.6 Å². The van der Waals surface area contributed by atoms with Gasteiger partial charge in [-0.2, -0.15) is 5.10 Å². The Morgan fingerprint density at radius 3 is 2.64 bits per heavy atom. The average Bonchev–Trinajstić information content (AvgIpc) is 2.91. The highest BCUT2D eigenvalue weighted by Crippen LogP contribution is 2.10. The topological polar surface area (TPSA) is 54.2 Å². The van der Waals surface area contributed by atoms with Crippen LogP contribution in [0.4, 0.5) is 0 Å². The molecular weight excluding hydrogens is 389 g/mol.